The highest BCUT2D eigenvalue weighted by atomic mass is 14.4. The van der Waals surface area contributed by atoms with Crippen molar-refractivity contribution in [3.8, 4) is 23.0 Å². The van der Waals surface area contributed by atoms with Crippen LogP contribution in [0.5, 0.6) is 0 Å². The van der Waals surface area contributed by atoms with E-state index in [4.69, 9.17) is 0 Å². The predicted octanol–water partition coefficient (Wildman–Crippen LogP) is 4.00. The van der Waals surface area contributed by atoms with Gasteiger partial charge in [-0.3, -0.25) is 0 Å². The van der Waals surface area contributed by atoms with Gasteiger partial charge in [0.25, 0.3) is 0 Å². The van der Waals surface area contributed by atoms with Crippen LogP contribution in [0.2, 0.25) is 0 Å². The molecule has 0 fully saturated rings. The van der Waals surface area contributed by atoms with E-state index in [0.717, 1.165) is 0 Å². The van der Waals surface area contributed by atoms with Gasteiger partial charge in [0.15, 0.2) is 0 Å². The molecule has 0 aliphatic heterocycles. The van der Waals surface area contributed by atoms with Crippen molar-refractivity contribution in [2.75, 3.05) is 0 Å². The molecule has 0 unspecified atom stereocenters. The molecule has 2 aromatic carbocycles. The van der Waals surface area contributed by atoms with Crippen molar-refractivity contribution < 1.29 is 0 Å². The predicted molar refractivity (Wildman–Crippen MR) is 71.8 cm³/mol. The van der Waals surface area contributed by atoms with Crippen molar-refractivity contribution in [1.29, 1.82) is 0 Å². The van der Waals surface area contributed by atoms with Crippen LogP contribution >= 0.6 is 0 Å². The highest BCUT2D eigenvalue weighted by Gasteiger charge is 2.37. The first kappa shape index (κ1) is 10.2. The molecule has 3 rings (SSSR count). The Morgan fingerprint density at radius 1 is 0.824 bits per heavy atom. The fourth-order valence-electron chi connectivity index (χ4n) is 2.84. The van der Waals surface area contributed by atoms with Crippen molar-refractivity contribution in [3.05, 3.63) is 59.7 Å². The van der Waals surface area contributed by atoms with Crippen LogP contribution in [0.4, 0.5) is 0 Å². The molecule has 2 aromatic rings. The number of fused-ring (bicyclic) bond motifs is 3. The molecule has 0 heteroatoms. The summed E-state index contributed by atoms with van der Waals surface area (Å²) in [6.45, 7) is 4.13. The number of hydrogen-bond acceptors (Lipinski definition) is 0. The Morgan fingerprint density at radius 2 is 1.29 bits per heavy atom. The van der Waals surface area contributed by atoms with Crippen molar-refractivity contribution in [2.24, 2.45) is 0 Å². The average molecular weight is 218 g/mol. The molecule has 0 bridgehead atoms. The Morgan fingerprint density at radius 3 is 1.76 bits per heavy atom. The van der Waals surface area contributed by atoms with Crippen molar-refractivity contribution in [3.63, 3.8) is 0 Å². The van der Waals surface area contributed by atoms with Crippen LogP contribution in [0, 0.1) is 11.8 Å². The van der Waals surface area contributed by atoms with E-state index in [9.17, 15) is 0 Å². The smallest absolute Gasteiger partial charge is 0.0795 e. The monoisotopic (exact) mass is 218 g/mol. The van der Waals surface area contributed by atoms with Crippen LogP contribution in [0.1, 0.15) is 25.0 Å². The molecule has 0 saturated heterocycles. The molecule has 0 aromatic heterocycles. The summed E-state index contributed by atoms with van der Waals surface area (Å²) < 4.78 is 0. The third kappa shape index (κ3) is 1.26. The van der Waals surface area contributed by atoms with Gasteiger partial charge in [-0.15, -0.1) is 5.92 Å². The van der Waals surface area contributed by atoms with Crippen molar-refractivity contribution in [1.82, 2.24) is 0 Å². The summed E-state index contributed by atoms with van der Waals surface area (Å²) in [5, 5.41) is 0. The van der Waals surface area contributed by atoms with Gasteiger partial charge in [-0.05, 0) is 36.1 Å². The molecular formula is C17H14. The minimum absolute atomic E-state index is 0.151. The maximum atomic E-state index is 3.38. The molecular weight excluding hydrogens is 204 g/mol. The minimum atomic E-state index is -0.151. The van der Waals surface area contributed by atoms with E-state index < -0.39 is 0 Å². The molecule has 0 N–H and O–H groups in total. The Bertz CT molecular complexity index is 593. The topological polar surface area (TPSA) is 0 Å². The first-order valence-corrected chi connectivity index (χ1v) is 5.90. The molecule has 17 heavy (non-hydrogen) atoms. The van der Waals surface area contributed by atoms with E-state index >= 15 is 0 Å². The van der Waals surface area contributed by atoms with Gasteiger partial charge in [0.2, 0.25) is 0 Å². The highest BCUT2D eigenvalue weighted by Crippen LogP contribution is 2.48. The lowest BCUT2D eigenvalue weighted by atomic mass is 9.81. The van der Waals surface area contributed by atoms with Gasteiger partial charge < -0.3 is 0 Å². The number of rotatable bonds is 0. The lowest BCUT2D eigenvalue weighted by Crippen LogP contribution is -2.17. The molecule has 0 heterocycles. The second-order valence-corrected chi connectivity index (χ2v) is 4.59. The zero-order chi connectivity index (χ0) is 11.9. The Labute approximate surface area is 102 Å². The standard InChI is InChI=1S/C17H14/c1-3-12-17(2)15-10-6-4-8-13(15)14-9-5-7-11-16(14)17/h4-11H,1-2H3. The second kappa shape index (κ2) is 3.50. The maximum absolute atomic E-state index is 3.38. The Kier molecular flexibility index (Phi) is 2.09. The molecule has 1 aliphatic carbocycles. The number of hydrogen-bond donors (Lipinski definition) is 0. The third-order valence-corrected chi connectivity index (χ3v) is 3.60. The molecule has 82 valence electrons. The van der Waals surface area contributed by atoms with Gasteiger partial charge in [-0.2, -0.15) is 0 Å². The highest BCUT2D eigenvalue weighted by molar-refractivity contribution is 5.82. The summed E-state index contributed by atoms with van der Waals surface area (Å²) in [7, 11) is 0. The van der Waals surface area contributed by atoms with E-state index in [1.807, 2.05) is 6.92 Å². The van der Waals surface area contributed by atoms with Crippen LogP contribution in [-0.4, -0.2) is 0 Å². The van der Waals surface area contributed by atoms with E-state index in [-0.39, 0.29) is 5.41 Å². The van der Waals surface area contributed by atoms with Crippen LogP contribution in [0.3, 0.4) is 0 Å². The fraction of sp³-hybridized carbons (Fsp3) is 0.176. The summed E-state index contributed by atoms with van der Waals surface area (Å²) in [6, 6.07) is 17.2. The SMILES string of the molecule is CC#CC1(C)c2ccccc2-c2ccccc21. The summed E-state index contributed by atoms with van der Waals surface area (Å²) >= 11 is 0. The zero-order valence-corrected chi connectivity index (χ0v) is 10.1. The molecule has 0 amide bonds. The zero-order valence-electron chi connectivity index (χ0n) is 10.1. The average Bonchev–Trinajstić information content (AvgIpc) is 2.62. The lowest BCUT2D eigenvalue weighted by Gasteiger charge is -2.20. The molecule has 0 nitrogen and oxygen atoms in total. The van der Waals surface area contributed by atoms with Crippen molar-refractivity contribution in [2.45, 2.75) is 19.3 Å². The quantitative estimate of drug-likeness (QED) is 0.586. The fourth-order valence-corrected chi connectivity index (χ4v) is 2.84. The van der Waals surface area contributed by atoms with Gasteiger partial charge in [-0.25, -0.2) is 0 Å². The van der Waals surface area contributed by atoms with E-state index in [0.29, 0.717) is 0 Å². The summed E-state index contributed by atoms with van der Waals surface area (Å²) in [5.74, 6) is 6.47. The van der Waals surface area contributed by atoms with Crippen molar-refractivity contribution >= 4 is 0 Å². The van der Waals surface area contributed by atoms with Crippen LogP contribution in [0.25, 0.3) is 11.1 Å². The Hall–Kier alpha value is -2.00. The summed E-state index contributed by atoms with van der Waals surface area (Å²) in [5.41, 5.74) is 5.16. The van der Waals surface area contributed by atoms with E-state index in [1.165, 1.54) is 22.3 Å². The van der Waals surface area contributed by atoms with Gasteiger partial charge in [0, 0.05) is 0 Å². The van der Waals surface area contributed by atoms with E-state index in [2.05, 4.69) is 67.3 Å². The summed E-state index contributed by atoms with van der Waals surface area (Å²) in [4.78, 5) is 0. The second-order valence-electron chi connectivity index (χ2n) is 4.59. The maximum Gasteiger partial charge on any atom is 0.0795 e. The molecule has 0 atom stereocenters. The third-order valence-electron chi connectivity index (χ3n) is 3.60. The normalized spacial score (nSPS) is 14.5. The summed E-state index contributed by atoms with van der Waals surface area (Å²) in [6.07, 6.45) is 0. The first-order chi connectivity index (χ1) is 8.27. The molecule has 0 saturated carbocycles. The Balaban J connectivity index is 2.41. The molecule has 0 spiro atoms. The minimum Gasteiger partial charge on any atom is -0.105 e. The van der Waals surface area contributed by atoms with E-state index in [1.54, 1.807) is 0 Å². The van der Waals surface area contributed by atoms with Crippen LogP contribution in [0.15, 0.2) is 48.5 Å². The van der Waals surface area contributed by atoms with Gasteiger partial charge in [0.05, 0.1) is 5.41 Å². The van der Waals surface area contributed by atoms with Crippen LogP contribution < -0.4 is 0 Å². The number of benzene rings is 2. The van der Waals surface area contributed by atoms with Gasteiger partial charge in [-0.1, -0.05) is 54.5 Å². The largest absolute Gasteiger partial charge is 0.105 e. The molecule has 1 aliphatic rings. The van der Waals surface area contributed by atoms with Gasteiger partial charge in [0.1, 0.15) is 0 Å². The molecule has 0 radical (unpaired) electrons. The first-order valence-electron chi connectivity index (χ1n) is 5.90. The lowest BCUT2D eigenvalue weighted by molar-refractivity contribution is 0.778. The van der Waals surface area contributed by atoms with Crippen LogP contribution in [-0.2, 0) is 5.41 Å². The van der Waals surface area contributed by atoms with Gasteiger partial charge >= 0.3 is 0 Å².